The van der Waals surface area contributed by atoms with Crippen molar-refractivity contribution in [1.29, 1.82) is 0 Å². The van der Waals surface area contributed by atoms with Crippen molar-refractivity contribution >= 4 is 35.1 Å². The second kappa shape index (κ2) is 15.4. The van der Waals surface area contributed by atoms with E-state index in [2.05, 4.69) is 10.6 Å². The highest BCUT2D eigenvalue weighted by atomic mass is 35.5. The SMILES string of the molecule is CCCN(C(=O)NCc1ccccc1)N1CCN(Cc2ccc(Cl)c(N(C)C)c2)C(=O)[C@H](Cc2ccc(O)cc2)NC(=O)C1. The van der Waals surface area contributed by atoms with E-state index < -0.39 is 6.04 Å². The van der Waals surface area contributed by atoms with Gasteiger partial charge in [0.15, 0.2) is 0 Å². The molecule has 1 fully saturated rings. The summed E-state index contributed by atoms with van der Waals surface area (Å²) in [6.45, 7) is 3.49. The van der Waals surface area contributed by atoms with Crippen molar-refractivity contribution in [2.45, 2.75) is 38.9 Å². The standard InChI is InChI=1S/C33H41ClN6O4/c1-4-16-40(33(44)35-21-25-8-6-5-7-9-25)39-18-17-38(22-26-12-15-28(34)30(20-26)37(2)3)32(43)29(36-31(42)23-39)19-24-10-13-27(41)14-11-24/h5-15,20,29,41H,4,16-19,21-23H2,1-3H3,(H,35,44)(H,36,42)/t29-/m0/s1. The van der Waals surface area contributed by atoms with E-state index in [0.717, 1.165) is 22.4 Å². The normalized spacial score (nSPS) is 16.0. The highest BCUT2D eigenvalue weighted by molar-refractivity contribution is 6.33. The third kappa shape index (κ3) is 8.87. The Morgan fingerprint density at radius 3 is 2.39 bits per heavy atom. The van der Waals surface area contributed by atoms with Gasteiger partial charge in [-0.1, -0.05) is 67.1 Å². The van der Waals surface area contributed by atoms with Crippen LogP contribution in [0.4, 0.5) is 10.5 Å². The van der Waals surface area contributed by atoms with Crippen LogP contribution in [0.2, 0.25) is 5.02 Å². The van der Waals surface area contributed by atoms with Crippen molar-refractivity contribution in [2.24, 2.45) is 0 Å². The average molecular weight is 621 g/mol. The van der Waals surface area contributed by atoms with Gasteiger partial charge in [-0.3, -0.25) is 14.6 Å². The van der Waals surface area contributed by atoms with E-state index in [1.54, 1.807) is 39.2 Å². The number of anilines is 1. The van der Waals surface area contributed by atoms with Crippen LogP contribution in [0.5, 0.6) is 5.75 Å². The predicted octanol–water partition coefficient (Wildman–Crippen LogP) is 4.02. The van der Waals surface area contributed by atoms with Crippen LogP contribution < -0.4 is 15.5 Å². The summed E-state index contributed by atoms with van der Waals surface area (Å²) >= 11 is 6.41. The lowest BCUT2D eigenvalue weighted by Crippen LogP contribution is -2.55. The maximum atomic E-state index is 14.1. The van der Waals surface area contributed by atoms with Gasteiger partial charge in [0.25, 0.3) is 0 Å². The number of hydrazine groups is 1. The number of carbonyl (C=O) groups is 3. The number of hydrogen-bond donors (Lipinski definition) is 3. The minimum Gasteiger partial charge on any atom is -0.508 e. The number of nitrogens with zero attached hydrogens (tertiary/aromatic N) is 4. The van der Waals surface area contributed by atoms with Crippen LogP contribution in [-0.4, -0.2) is 84.2 Å². The molecule has 3 aromatic carbocycles. The zero-order valence-corrected chi connectivity index (χ0v) is 26.3. The van der Waals surface area contributed by atoms with Gasteiger partial charge in [0.05, 0.1) is 17.3 Å². The first-order valence-electron chi connectivity index (χ1n) is 14.8. The van der Waals surface area contributed by atoms with Gasteiger partial charge >= 0.3 is 6.03 Å². The Kier molecular flexibility index (Phi) is 11.5. The zero-order chi connectivity index (χ0) is 31.6. The van der Waals surface area contributed by atoms with Crippen molar-refractivity contribution in [3.05, 3.63) is 94.5 Å². The monoisotopic (exact) mass is 620 g/mol. The molecule has 0 radical (unpaired) electrons. The van der Waals surface area contributed by atoms with E-state index in [4.69, 9.17) is 11.6 Å². The third-order valence-electron chi connectivity index (χ3n) is 7.44. The maximum Gasteiger partial charge on any atom is 0.332 e. The number of aromatic hydroxyl groups is 1. The minimum atomic E-state index is -0.834. The van der Waals surface area contributed by atoms with Gasteiger partial charge in [0.1, 0.15) is 11.8 Å². The molecule has 234 valence electrons. The summed E-state index contributed by atoms with van der Waals surface area (Å²) in [4.78, 5) is 44.5. The number of nitrogens with one attached hydrogen (secondary N) is 2. The first-order chi connectivity index (χ1) is 21.1. The molecular formula is C33H41ClN6O4. The van der Waals surface area contributed by atoms with Crippen LogP contribution in [0.1, 0.15) is 30.0 Å². The van der Waals surface area contributed by atoms with E-state index in [0.29, 0.717) is 31.1 Å². The molecule has 3 N–H and O–H groups in total. The number of amides is 4. The molecule has 1 aliphatic heterocycles. The van der Waals surface area contributed by atoms with Crippen molar-refractivity contribution in [1.82, 2.24) is 25.6 Å². The van der Waals surface area contributed by atoms with Crippen molar-refractivity contribution < 1.29 is 19.5 Å². The number of phenols is 1. The highest BCUT2D eigenvalue weighted by Crippen LogP contribution is 2.26. The van der Waals surface area contributed by atoms with Crippen LogP contribution in [0, 0.1) is 0 Å². The van der Waals surface area contributed by atoms with Gasteiger partial charge in [-0.2, -0.15) is 0 Å². The van der Waals surface area contributed by atoms with E-state index in [9.17, 15) is 19.5 Å². The summed E-state index contributed by atoms with van der Waals surface area (Å²) in [5.41, 5.74) is 3.49. The predicted molar refractivity (Wildman–Crippen MR) is 172 cm³/mol. The van der Waals surface area contributed by atoms with E-state index in [-0.39, 0.29) is 49.7 Å². The van der Waals surface area contributed by atoms with E-state index in [1.807, 2.05) is 74.4 Å². The first kappa shape index (κ1) is 32.6. The lowest BCUT2D eigenvalue weighted by molar-refractivity contribution is -0.136. The largest absolute Gasteiger partial charge is 0.508 e. The van der Waals surface area contributed by atoms with Gasteiger partial charge in [-0.05, 0) is 47.4 Å². The van der Waals surface area contributed by atoms with Crippen molar-refractivity contribution in [3.8, 4) is 5.75 Å². The molecular weight excluding hydrogens is 580 g/mol. The smallest absolute Gasteiger partial charge is 0.332 e. The summed E-state index contributed by atoms with van der Waals surface area (Å²) < 4.78 is 0. The zero-order valence-electron chi connectivity index (χ0n) is 25.5. The molecule has 0 spiro atoms. The molecule has 1 saturated heterocycles. The molecule has 44 heavy (non-hydrogen) atoms. The number of urea groups is 1. The maximum absolute atomic E-state index is 14.1. The molecule has 1 aliphatic rings. The van der Waals surface area contributed by atoms with Crippen LogP contribution in [0.15, 0.2) is 72.8 Å². The fourth-order valence-electron chi connectivity index (χ4n) is 5.15. The molecule has 3 aromatic rings. The third-order valence-corrected chi connectivity index (χ3v) is 7.76. The summed E-state index contributed by atoms with van der Waals surface area (Å²) in [7, 11) is 3.81. The molecule has 1 heterocycles. The first-order valence-corrected chi connectivity index (χ1v) is 15.2. The number of rotatable bonds is 10. The van der Waals surface area contributed by atoms with E-state index in [1.165, 1.54) is 0 Å². The van der Waals surface area contributed by atoms with Gasteiger partial charge < -0.3 is 25.5 Å². The van der Waals surface area contributed by atoms with Gasteiger partial charge in [0.2, 0.25) is 11.8 Å². The lowest BCUT2D eigenvalue weighted by atomic mass is 10.0. The van der Waals surface area contributed by atoms with Gasteiger partial charge in [0, 0.05) is 53.2 Å². The minimum absolute atomic E-state index is 0.0856. The van der Waals surface area contributed by atoms with E-state index >= 15 is 0 Å². The fraction of sp³-hybridized carbons (Fsp3) is 0.364. The highest BCUT2D eigenvalue weighted by Gasteiger charge is 2.32. The lowest BCUT2D eigenvalue weighted by Gasteiger charge is -2.35. The Morgan fingerprint density at radius 1 is 1.00 bits per heavy atom. The molecule has 0 saturated carbocycles. The summed E-state index contributed by atoms with van der Waals surface area (Å²) in [5.74, 6) is -0.468. The van der Waals surface area contributed by atoms with Crippen LogP contribution in [0.3, 0.4) is 0 Å². The molecule has 11 heteroatoms. The topological polar surface area (TPSA) is 108 Å². The Hall–Kier alpha value is -4.28. The molecule has 4 amide bonds. The molecule has 0 aromatic heterocycles. The molecule has 4 rings (SSSR count). The number of benzene rings is 3. The van der Waals surface area contributed by atoms with Crippen LogP contribution >= 0.6 is 11.6 Å². The average Bonchev–Trinajstić information content (AvgIpc) is 3.06. The molecule has 1 atom stereocenters. The molecule has 0 unspecified atom stereocenters. The van der Waals surface area contributed by atoms with Crippen molar-refractivity contribution in [2.75, 3.05) is 45.2 Å². The second-order valence-electron chi connectivity index (χ2n) is 11.1. The Bertz CT molecular complexity index is 1420. The summed E-state index contributed by atoms with van der Waals surface area (Å²) in [6.07, 6.45) is 0.933. The number of carbonyl (C=O) groups excluding carboxylic acids is 3. The second-order valence-corrected chi connectivity index (χ2v) is 11.5. The van der Waals surface area contributed by atoms with Crippen LogP contribution in [0.25, 0.3) is 0 Å². The fourth-order valence-corrected chi connectivity index (χ4v) is 5.44. The Balaban J connectivity index is 1.60. The van der Waals surface area contributed by atoms with Gasteiger partial charge in [-0.15, -0.1) is 0 Å². The quantitative estimate of drug-likeness (QED) is 0.316. The number of phenolic OH excluding ortho intramolecular Hbond substituents is 1. The van der Waals surface area contributed by atoms with Crippen LogP contribution in [-0.2, 0) is 29.1 Å². The summed E-state index contributed by atoms with van der Waals surface area (Å²) in [6, 6.07) is 20.7. The molecule has 0 bridgehead atoms. The molecule has 10 nitrogen and oxygen atoms in total. The Morgan fingerprint density at radius 2 is 1.70 bits per heavy atom. The molecule has 0 aliphatic carbocycles. The number of hydrogen-bond acceptors (Lipinski definition) is 6. The van der Waals surface area contributed by atoms with Gasteiger partial charge in [-0.25, -0.2) is 9.80 Å². The Labute approximate surface area is 264 Å². The summed E-state index contributed by atoms with van der Waals surface area (Å²) in [5, 5.41) is 19.5. The number of halogens is 1. The van der Waals surface area contributed by atoms with Crippen molar-refractivity contribution in [3.63, 3.8) is 0 Å².